The second kappa shape index (κ2) is 9.36. The molecule has 4 N–H and O–H groups in total. The van der Waals surface area contributed by atoms with Crippen LogP contribution in [0.2, 0.25) is 0 Å². The smallest absolute Gasteiger partial charge is 0.146 e. The van der Waals surface area contributed by atoms with Gasteiger partial charge in [0.25, 0.3) is 0 Å². The number of aliphatic hydroxyl groups excluding tert-OH is 1. The normalized spacial score (nSPS) is 29.0. The average Bonchev–Trinajstić information content (AvgIpc) is 2.66. The fraction of sp³-hybridized carbons (Fsp3) is 0.667. The molecule has 3 rings (SSSR count). The maximum atomic E-state index is 12.2. The van der Waals surface area contributed by atoms with Crippen LogP contribution >= 0.6 is 11.8 Å². The van der Waals surface area contributed by atoms with E-state index in [1.807, 2.05) is 18.2 Å². The maximum Gasteiger partial charge on any atom is 0.146 e. The Morgan fingerprint density at radius 3 is 2.65 bits per heavy atom. The third kappa shape index (κ3) is 5.10. The molecule has 2 aliphatic rings. The Kier molecular flexibility index (Phi) is 7.15. The highest BCUT2D eigenvalue weighted by atomic mass is 32.2. The lowest BCUT2D eigenvalue weighted by Crippen LogP contribution is -2.70. The third-order valence-corrected chi connectivity index (χ3v) is 7.34. The highest BCUT2D eigenvalue weighted by molar-refractivity contribution is 7.99. The van der Waals surface area contributed by atoms with E-state index in [0.717, 1.165) is 18.7 Å². The number of hydrogen-bond acceptors (Lipinski definition) is 4. The van der Waals surface area contributed by atoms with Crippen LogP contribution in [0, 0.1) is 11.8 Å². The number of likely N-dealkylation sites (tertiary alicyclic amines) is 1. The van der Waals surface area contributed by atoms with Crippen molar-refractivity contribution in [3.63, 3.8) is 0 Å². The molecule has 2 fully saturated rings. The second-order valence-corrected chi connectivity index (χ2v) is 9.17. The molecule has 1 saturated carbocycles. The number of thioether (sulfide) groups is 1. The molecule has 1 aromatic rings. The van der Waals surface area contributed by atoms with Crippen molar-refractivity contribution in [2.75, 3.05) is 18.8 Å². The van der Waals surface area contributed by atoms with Crippen molar-refractivity contribution < 1.29 is 15.6 Å². The molecule has 0 radical (unpaired) electrons. The Labute approximate surface area is 161 Å². The number of ketones is 1. The van der Waals surface area contributed by atoms with Crippen molar-refractivity contribution in [1.29, 1.82) is 0 Å². The van der Waals surface area contributed by atoms with Crippen molar-refractivity contribution in [3.8, 4) is 0 Å². The molecule has 1 heterocycles. The Morgan fingerprint density at radius 2 is 1.96 bits per heavy atom. The monoisotopic (exact) mass is 377 g/mol. The minimum absolute atomic E-state index is 0.0158. The summed E-state index contributed by atoms with van der Waals surface area (Å²) >= 11 is 1.74. The molecule has 0 amide bonds. The molecule has 1 aliphatic carbocycles. The van der Waals surface area contributed by atoms with Gasteiger partial charge >= 0.3 is 0 Å². The lowest BCUT2D eigenvalue weighted by Gasteiger charge is -2.46. The van der Waals surface area contributed by atoms with Gasteiger partial charge in [0.2, 0.25) is 0 Å². The van der Waals surface area contributed by atoms with Gasteiger partial charge in [0.15, 0.2) is 0 Å². The van der Waals surface area contributed by atoms with Gasteiger partial charge in [-0.2, -0.15) is 0 Å². The lowest BCUT2D eigenvalue weighted by molar-refractivity contribution is -0.430. The van der Waals surface area contributed by atoms with Crippen LogP contribution in [0.5, 0.6) is 0 Å². The van der Waals surface area contributed by atoms with Crippen molar-refractivity contribution in [2.24, 2.45) is 11.8 Å². The number of aliphatic hydroxyl groups is 1. The first kappa shape index (κ1) is 19.9. The van der Waals surface area contributed by atoms with Crippen LogP contribution in [-0.4, -0.2) is 52.8 Å². The number of β-amino-alcohol motifs (C(OH)–C–C–N with tert-alkyl or cyclic N) is 1. The summed E-state index contributed by atoms with van der Waals surface area (Å²) in [5.74, 6) is 2.44. The highest BCUT2D eigenvalue weighted by Crippen LogP contribution is 2.38. The summed E-state index contributed by atoms with van der Waals surface area (Å²) in [5.41, 5.74) is 4.19. The van der Waals surface area contributed by atoms with Crippen LogP contribution in [0.15, 0.2) is 35.2 Å². The van der Waals surface area contributed by atoms with E-state index in [2.05, 4.69) is 22.8 Å². The molecule has 0 aromatic heterocycles. The van der Waals surface area contributed by atoms with E-state index in [1.165, 1.54) is 30.6 Å². The number of carbonyl (C=O) groups is 1. The molecule has 5 unspecified atom stereocenters. The number of Topliss-reactive ketones (excluding diaryl/α,β-unsaturated/α-hetero) is 1. The average molecular weight is 378 g/mol. The van der Waals surface area contributed by atoms with E-state index in [1.54, 1.807) is 18.7 Å². The quantitative estimate of drug-likeness (QED) is 0.715. The standard InChI is InChI=1S/C21H32N2O2S/c1-15(24)20-11-16-7-5-6-8-17(16)12-23(20)13-21(25)19(22)14-26-18-9-3-2-4-10-18/h2-4,9-10,16-17,19-21,25H,5-8,11-14,22H2,1H3/p+1. The fourth-order valence-electron chi connectivity index (χ4n) is 4.54. The van der Waals surface area contributed by atoms with Crippen LogP contribution in [0.4, 0.5) is 0 Å². The lowest BCUT2D eigenvalue weighted by atomic mass is 9.72. The first-order chi connectivity index (χ1) is 12.5. The summed E-state index contributed by atoms with van der Waals surface area (Å²) < 4.78 is 0. The van der Waals surface area contributed by atoms with Gasteiger partial charge in [-0.25, -0.2) is 0 Å². The largest absolute Gasteiger partial charge is 0.386 e. The Bertz CT molecular complexity index is 583. The number of benzene rings is 1. The number of hydrogen-bond donors (Lipinski definition) is 2. The topological polar surface area (TPSA) is 68.2 Å². The number of nitrogens with zero attached hydrogens (tertiary/aromatic N) is 1. The summed E-state index contributed by atoms with van der Waals surface area (Å²) in [6, 6.07) is 10.2. The van der Waals surface area contributed by atoms with Crippen LogP contribution in [0.1, 0.15) is 39.0 Å². The van der Waals surface area contributed by atoms with E-state index >= 15 is 0 Å². The van der Waals surface area contributed by atoms with Gasteiger partial charge in [-0.1, -0.05) is 37.5 Å². The molecule has 1 saturated heterocycles. The molecular formula is C21H33N2O2S+. The molecule has 0 bridgehead atoms. The van der Waals surface area contributed by atoms with Gasteiger partial charge < -0.3 is 10.8 Å². The van der Waals surface area contributed by atoms with Gasteiger partial charge in [-0.3, -0.25) is 9.69 Å². The van der Waals surface area contributed by atoms with Gasteiger partial charge in [0, 0.05) is 18.0 Å². The number of fused-ring (bicyclic) bond motifs is 1. The van der Waals surface area contributed by atoms with E-state index < -0.39 is 6.10 Å². The molecule has 1 aromatic carbocycles. The minimum atomic E-state index is -0.492. The van der Waals surface area contributed by atoms with Crippen LogP contribution in [0.3, 0.4) is 0 Å². The minimum Gasteiger partial charge on any atom is -0.386 e. The molecule has 5 atom stereocenters. The van der Waals surface area contributed by atoms with Gasteiger partial charge in [-0.15, -0.1) is 11.8 Å². The Morgan fingerprint density at radius 1 is 1.27 bits per heavy atom. The molecule has 5 heteroatoms. The number of rotatable bonds is 7. The van der Waals surface area contributed by atoms with Gasteiger partial charge in [-0.05, 0) is 43.7 Å². The SMILES string of the molecule is CC(=O)C1CC2CCCCC2CN1CC(O)C([NH3+])CSc1ccccc1. The zero-order chi connectivity index (χ0) is 18.5. The van der Waals surface area contributed by atoms with E-state index in [9.17, 15) is 9.90 Å². The van der Waals surface area contributed by atoms with Crippen LogP contribution in [-0.2, 0) is 4.79 Å². The maximum absolute atomic E-state index is 12.2. The Hall–Kier alpha value is -0.880. The summed E-state index contributed by atoms with van der Waals surface area (Å²) in [6.45, 7) is 3.24. The summed E-state index contributed by atoms with van der Waals surface area (Å²) in [7, 11) is 0. The molecule has 0 spiro atoms. The highest BCUT2D eigenvalue weighted by Gasteiger charge is 2.39. The molecular weight excluding hydrogens is 344 g/mol. The first-order valence-electron chi connectivity index (χ1n) is 9.98. The summed E-state index contributed by atoms with van der Waals surface area (Å²) in [4.78, 5) is 15.7. The van der Waals surface area contributed by atoms with E-state index in [4.69, 9.17) is 0 Å². The third-order valence-electron chi connectivity index (χ3n) is 6.14. The molecule has 26 heavy (non-hydrogen) atoms. The Balaban J connectivity index is 1.55. The summed E-state index contributed by atoms with van der Waals surface area (Å²) in [5, 5.41) is 10.7. The van der Waals surface area contributed by atoms with E-state index in [-0.39, 0.29) is 17.9 Å². The zero-order valence-corrected chi connectivity index (χ0v) is 16.7. The number of carbonyl (C=O) groups excluding carboxylic acids is 1. The van der Waals surface area contributed by atoms with Crippen LogP contribution in [0.25, 0.3) is 0 Å². The molecule has 144 valence electrons. The zero-order valence-electron chi connectivity index (χ0n) is 15.8. The molecule has 4 nitrogen and oxygen atoms in total. The fourth-order valence-corrected chi connectivity index (χ4v) is 5.52. The van der Waals surface area contributed by atoms with Crippen molar-refractivity contribution >= 4 is 17.5 Å². The number of piperidine rings is 1. The molecule has 1 aliphatic heterocycles. The second-order valence-electron chi connectivity index (χ2n) is 8.07. The predicted octanol–water partition coefficient (Wildman–Crippen LogP) is 2.22. The van der Waals surface area contributed by atoms with Crippen molar-refractivity contribution in [1.82, 2.24) is 4.90 Å². The number of quaternary nitrogens is 1. The van der Waals surface area contributed by atoms with E-state index in [0.29, 0.717) is 18.4 Å². The first-order valence-corrected chi connectivity index (χ1v) is 11.0. The van der Waals surface area contributed by atoms with Gasteiger partial charge in [0.05, 0.1) is 11.8 Å². The summed E-state index contributed by atoms with van der Waals surface area (Å²) in [6.07, 6.45) is 5.66. The van der Waals surface area contributed by atoms with Crippen molar-refractivity contribution in [2.45, 2.75) is 62.1 Å². The van der Waals surface area contributed by atoms with Crippen molar-refractivity contribution in [3.05, 3.63) is 30.3 Å². The van der Waals surface area contributed by atoms with Crippen LogP contribution < -0.4 is 5.73 Å². The van der Waals surface area contributed by atoms with Gasteiger partial charge in [0.1, 0.15) is 17.9 Å². The predicted molar refractivity (Wildman–Crippen MR) is 106 cm³/mol.